The van der Waals surface area contributed by atoms with E-state index in [9.17, 15) is 24.6 Å². The number of carboxylic acid groups (broad SMARTS) is 2. The molecule has 2 N–H and O–H groups in total. The summed E-state index contributed by atoms with van der Waals surface area (Å²) in [6, 6.07) is 0. The van der Waals surface area contributed by atoms with Gasteiger partial charge in [-0.25, -0.2) is 9.59 Å². The molecule has 0 fully saturated rings. The summed E-state index contributed by atoms with van der Waals surface area (Å²) in [6.07, 6.45) is -1.85. The number of imide groups is 1. The van der Waals surface area contributed by atoms with E-state index in [2.05, 4.69) is 19.6 Å². The van der Waals surface area contributed by atoms with Crippen molar-refractivity contribution < 1.29 is 29.3 Å². The Morgan fingerprint density at radius 1 is 1.10 bits per heavy atom. The fourth-order valence-corrected chi connectivity index (χ4v) is 7.25. The second kappa shape index (κ2) is 9.72. The average molecular weight is 571 g/mol. The van der Waals surface area contributed by atoms with Gasteiger partial charge in [-0.15, -0.1) is 0 Å². The Hall–Kier alpha value is -3.74. The van der Waals surface area contributed by atoms with Gasteiger partial charge in [0.1, 0.15) is 18.0 Å². The number of nitrogens with zero attached hydrogens (tertiary/aromatic N) is 6. The normalized spacial score (nSPS) is 18.5. The van der Waals surface area contributed by atoms with Crippen LogP contribution in [0.25, 0.3) is 0 Å². The molecule has 0 saturated carbocycles. The number of carbonyl (C=O) groups excluding carboxylic acids is 1. The maximum Gasteiger partial charge on any atom is 0.422 e. The Balaban J connectivity index is 2.01. The molecule has 1 aromatic heterocycles. The smallest absolute Gasteiger partial charge is 0.422 e. The minimum Gasteiger partial charge on any atom is -0.496 e. The van der Waals surface area contributed by atoms with E-state index in [0.29, 0.717) is 28.3 Å². The van der Waals surface area contributed by atoms with E-state index >= 15 is 0 Å². The lowest BCUT2D eigenvalue weighted by Gasteiger charge is -2.52. The summed E-state index contributed by atoms with van der Waals surface area (Å²) in [5.41, 5.74) is 2.20. The topological polar surface area (TPSA) is 157 Å². The zero-order valence-electron chi connectivity index (χ0n) is 24.1. The van der Waals surface area contributed by atoms with E-state index in [4.69, 9.17) is 4.74 Å². The monoisotopic (exact) mass is 570 g/mol. The molecule has 1 aromatic rings. The highest BCUT2D eigenvalue weighted by molar-refractivity contribution is 8.00. The van der Waals surface area contributed by atoms with Crippen molar-refractivity contribution in [3.8, 4) is 5.75 Å². The predicted molar refractivity (Wildman–Crippen MR) is 152 cm³/mol. The van der Waals surface area contributed by atoms with Crippen LogP contribution in [0.4, 0.5) is 9.59 Å². The Labute approximate surface area is 237 Å². The largest absolute Gasteiger partial charge is 0.496 e. The van der Waals surface area contributed by atoms with Gasteiger partial charge in [0.25, 0.3) is 0 Å². The number of aryl methyl sites for hydroxylation is 1. The Morgan fingerprint density at radius 2 is 1.70 bits per heavy atom. The van der Waals surface area contributed by atoms with Crippen LogP contribution in [-0.4, -0.2) is 72.3 Å². The first-order valence-corrected chi connectivity index (χ1v) is 13.5. The van der Waals surface area contributed by atoms with E-state index in [1.807, 2.05) is 55.4 Å². The number of aromatic nitrogens is 1. The zero-order valence-corrected chi connectivity index (χ0v) is 24.9. The second-order valence-corrected chi connectivity index (χ2v) is 13.0. The van der Waals surface area contributed by atoms with Gasteiger partial charge in [0.15, 0.2) is 11.6 Å². The van der Waals surface area contributed by atoms with Crippen LogP contribution in [-0.2, 0) is 11.3 Å². The molecule has 13 heteroatoms. The van der Waals surface area contributed by atoms with Crippen molar-refractivity contribution in [2.75, 3.05) is 7.11 Å². The van der Waals surface area contributed by atoms with Gasteiger partial charge in [-0.3, -0.25) is 9.78 Å². The Morgan fingerprint density at radius 3 is 2.23 bits per heavy atom. The molecule has 1 aliphatic carbocycles. The highest BCUT2D eigenvalue weighted by Crippen LogP contribution is 2.61. The summed E-state index contributed by atoms with van der Waals surface area (Å²) in [6.45, 7) is 15.7. The minimum atomic E-state index is -1.74. The first kappa shape index (κ1) is 29.2. The number of pyridine rings is 1. The average Bonchev–Trinajstić information content (AvgIpc) is 3.04. The van der Waals surface area contributed by atoms with Crippen LogP contribution in [0.5, 0.6) is 5.75 Å². The summed E-state index contributed by atoms with van der Waals surface area (Å²) in [5.74, 6) is 0.0872. The molecule has 0 radical (unpaired) electrons. The molecule has 0 unspecified atom stereocenters. The molecule has 0 bridgehead atoms. The number of rotatable bonds is 3. The van der Waals surface area contributed by atoms with Gasteiger partial charge in [0, 0.05) is 28.5 Å². The fraction of sp³-hybridized carbons (Fsp3) is 0.519. The molecule has 0 spiro atoms. The SMILES string of the molecule is COc1c(C)cnc(CN2N=C3CC(=O)C4=C3C(=N2)C(N(C(=O)O)C(=O)O)=NSC4(C(C)(C)C)C(C)(C)C)c1C. The minimum absolute atomic E-state index is 0.0322. The van der Waals surface area contributed by atoms with Gasteiger partial charge in [-0.2, -0.15) is 24.6 Å². The molecule has 40 heavy (non-hydrogen) atoms. The quantitative estimate of drug-likeness (QED) is 0.474. The van der Waals surface area contributed by atoms with E-state index in [1.165, 1.54) is 5.12 Å². The van der Waals surface area contributed by atoms with Gasteiger partial charge in [-0.1, -0.05) is 41.5 Å². The van der Waals surface area contributed by atoms with Gasteiger partial charge < -0.3 is 14.9 Å². The first-order chi connectivity index (χ1) is 18.5. The van der Waals surface area contributed by atoms with Crippen molar-refractivity contribution in [1.29, 1.82) is 0 Å². The summed E-state index contributed by atoms with van der Waals surface area (Å²) < 4.78 is 9.09. The van der Waals surface area contributed by atoms with E-state index in [-0.39, 0.29) is 29.4 Å². The number of ether oxygens (including phenoxy) is 1. The Bertz CT molecular complexity index is 1420. The van der Waals surface area contributed by atoms with Crippen LogP contribution in [0.15, 0.2) is 31.9 Å². The summed E-state index contributed by atoms with van der Waals surface area (Å²) in [5, 5.41) is 30.4. The van der Waals surface area contributed by atoms with Crippen molar-refractivity contribution in [3.05, 3.63) is 34.2 Å². The standard InChI is InChI=1S/C27H34N6O6S/c1-13-11-28-16(14(2)21(13)39-9)12-32-29-15-10-17(34)19-18(15)20(30-32)22(33(23(35)36)24(37)38)31-40-27(19,25(3,4)5)26(6,7)8/h11H,10,12H2,1-9H3,(H,35,36)(H,37,38). The van der Waals surface area contributed by atoms with Crippen molar-refractivity contribution >= 4 is 47.2 Å². The van der Waals surface area contributed by atoms with Crippen LogP contribution in [0.1, 0.15) is 64.8 Å². The van der Waals surface area contributed by atoms with Crippen molar-refractivity contribution in [2.45, 2.75) is 73.1 Å². The van der Waals surface area contributed by atoms with Gasteiger partial charge >= 0.3 is 12.2 Å². The number of amides is 2. The summed E-state index contributed by atoms with van der Waals surface area (Å²) >= 11 is 1.02. The van der Waals surface area contributed by atoms with Crippen molar-refractivity contribution in [3.63, 3.8) is 0 Å². The molecule has 12 nitrogen and oxygen atoms in total. The second-order valence-electron chi connectivity index (χ2n) is 12.0. The third kappa shape index (κ3) is 4.36. The maximum absolute atomic E-state index is 13.8. The molecule has 0 saturated heterocycles. The van der Waals surface area contributed by atoms with Crippen LogP contribution in [0.3, 0.4) is 0 Å². The fourth-order valence-electron chi connectivity index (χ4n) is 6.00. The number of methoxy groups -OCH3 is 1. The lowest BCUT2D eigenvalue weighted by molar-refractivity contribution is -0.115. The number of hydrazone groups is 2. The highest BCUT2D eigenvalue weighted by Gasteiger charge is 2.61. The number of hydrogen-bond donors (Lipinski definition) is 2. The molecular formula is C27H34N6O6S. The number of Topliss-reactive ketones (excluding diaryl/α,β-unsaturated/α-hetero) is 1. The van der Waals surface area contributed by atoms with Gasteiger partial charge in [0.05, 0.1) is 29.7 Å². The van der Waals surface area contributed by atoms with Gasteiger partial charge in [0.2, 0.25) is 0 Å². The van der Waals surface area contributed by atoms with E-state index < -0.39 is 33.6 Å². The summed E-state index contributed by atoms with van der Waals surface area (Å²) in [4.78, 5) is 42.9. The lowest BCUT2D eigenvalue weighted by Crippen LogP contribution is -2.53. The maximum atomic E-state index is 13.8. The zero-order chi connectivity index (χ0) is 29.9. The predicted octanol–water partition coefficient (Wildman–Crippen LogP) is 5.05. The van der Waals surface area contributed by atoms with Crippen LogP contribution in [0, 0.1) is 24.7 Å². The van der Waals surface area contributed by atoms with Gasteiger partial charge in [-0.05, 0) is 36.6 Å². The lowest BCUT2D eigenvalue weighted by atomic mass is 9.61. The molecule has 4 rings (SSSR count). The molecule has 214 valence electrons. The first-order valence-electron chi connectivity index (χ1n) is 12.7. The van der Waals surface area contributed by atoms with Crippen LogP contribution >= 0.6 is 11.9 Å². The molecule has 3 heterocycles. The van der Waals surface area contributed by atoms with E-state index in [0.717, 1.165) is 23.1 Å². The summed E-state index contributed by atoms with van der Waals surface area (Å²) in [7, 11) is 1.57. The third-order valence-corrected chi connectivity index (χ3v) is 9.38. The molecule has 3 aliphatic rings. The molecule has 0 aromatic carbocycles. The number of hydrogen-bond acceptors (Lipinski definition) is 10. The van der Waals surface area contributed by atoms with Crippen LogP contribution in [0.2, 0.25) is 0 Å². The third-order valence-electron chi connectivity index (χ3n) is 7.41. The van der Waals surface area contributed by atoms with Crippen molar-refractivity contribution in [1.82, 2.24) is 15.0 Å². The molecular weight excluding hydrogens is 536 g/mol. The van der Waals surface area contributed by atoms with Crippen LogP contribution < -0.4 is 4.74 Å². The number of carbonyl (C=O) groups is 3. The highest BCUT2D eigenvalue weighted by atomic mass is 32.2. The van der Waals surface area contributed by atoms with E-state index in [1.54, 1.807) is 13.3 Å². The Kier molecular flexibility index (Phi) is 7.11. The molecule has 2 amide bonds. The number of ketones is 1. The van der Waals surface area contributed by atoms with Crippen molar-refractivity contribution in [2.24, 2.45) is 25.4 Å². The molecule has 0 atom stereocenters. The number of amidine groups is 1. The molecule has 2 aliphatic heterocycles.